The molecule has 0 atom stereocenters. The van der Waals surface area contributed by atoms with Crippen LogP contribution >= 0.6 is 0 Å². The molecule has 5 aromatic rings. The summed E-state index contributed by atoms with van der Waals surface area (Å²) in [4.78, 5) is 12.3. The van der Waals surface area contributed by atoms with Crippen LogP contribution in [-0.4, -0.2) is 17.5 Å². The number of fused-ring (bicyclic) bond motifs is 5. The van der Waals surface area contributed by atoms with Gasteiger partial charge in [0.1, 0.15) is 0 Å². The fraction of sp³-hybridized carbons (Fsp3) is 0.0500. The second kappa shape index (κ2) is 4.23. The molecular formula is C20H13NO2. The molecular weight excluding hydrogens is 286 g/mol. The fourth-order valence-electron chi connectivity index (χ4n) is 3.67. The Morgan fingerprint density at radius 2 is 1.48 bits per heavy atom. The summed E-state index contributed by atoms with van der Waals surface area (Å²) in [6.07, 6.45) is 0. The van der Waals surface area contributed by atoms with Crippen molar-refractivity contribution in [2.45, 2.75) is 0 Å². The average Bonchev–Trinajstić information content (AvgIpc) is 3.14. The van der Waals surface area contributed by atoms with Crippen molar-refractivity contribution in [3.8, 4) is 0 Å². The third kappa shape index (κ3) is 1.46. The highest BCUT2D eigenvalue weighted by atomic mass is 16.5. The molecule has 0 unspecified atom stereocenters. The molecule has 5 rings (SSSR count). The molecule has 3 aromatic heterocycles. The van der Waals surface area contributed by atoms with E-state index in [1.165, 1.54) is 12.5 Å². The Balaban J connectivity index is 2.16. The molecule has 0 bridgehead atoms. The molecule has 0 amide bonds. The van der Waals surface area contributed by atoms with E-state index in [0.717, 1.165) is 32.7 Å². The molecule has 23 heavy (non-hydrogen) atoms. The lowest BCUT2D eigenvalue weighted by molar-refractivity contribution is 0.0603. The normalized spacial score (nSPS) is 11.9. The molecule has 0 radical (unpaired) electrons. The maximum atomic E-state index is 12.3. The standard InChI is InChI=1S/C20H13NO2/c1-23-20(22)16-11-18-15-9-5-4-8-14(15)17-10-12-6-2-3-7-13(12)19(16)21(17)18/h2-11H,1H3. The van der Waals surface area contributed by atoms with Gasteiger partial charge in [-0.15, -0.1) is 0 Å². The summed E-state index contributed by atoms with van der Waals surface area (Å²) in [5.41, 5.74) is 3.72. The van der Waals surface area contributed by atoms with E-state index in [2.05, 4.69) is 34.7 Å². The van der Waals surface area contributed by atoms with E-state index in [1.54, 1.807) is 0 Å². The zero-order valence-electron chi connectivity index (χ0n) is 12.5. The van der Waals surface area contributed by atoms with Crippen LogP contribution in [0.1, 0.15) is 10.4 Å². The molecule has 0 aliphatic heterocycles. The van der Waals surface area contributed by atoms with E-state index in [9.17, 15) is 4.79 Å². The summed E-state index contributed by atoms with van der Waals surface area (Å²) in [5, 5.41) is 4.55. The van der Waals surface area contributed by atoms with Crippen LogP contribution in [0.3, 0.4) is 0 Å². The molecule has 0 saturated heterocycles. The van der Waals surface area contributed by atoms with Gasteiger partial charge in [-0.1, -0.05) is 48.5 Å². The lowest BCUT2D eigenvalue weighted by Crippen LogP contribution is -2.01. The largest absolute Gasteiger partial charge is 0.465 e. The summed E-state index contributed by atoms with van der Waals surface area (Å²) >= 11 is 0. The van der Waals surface area contributed by atoms with Crippen LogP contribution in [0, 0.1) is 0 Å². The number of methoxy groups -OCH3 is 1. The smallest absolute Gasteiger partial charge is 0.340 e. The minimum Gasteiger partial charge on any atom is -0.465 e. The van der Waals surface area contributed by atoms with Crippen molar-refractivity contribution in [3.05, 3.63) is 66.2 Å². The van der Waals surface area contributed by atoms with Gasteiger partial charge in [0.25, 0.3) is 0 Å². The molecule has 0 aliphatic rings. The minimum absolute atomic E-state index is 0.296. The first kappa shape index (κ1) is 12.5. The Morgan fingerprint density at radius 3 is 2.17 bits per heavy atom. The first-order valence-electron chi connectivity index (χ1n) is 7.55. The van der Waals surface area contributed by atoms with Gasteiger partial charge in [-0.05, 0) is 17.5 Å². The van der Waals surface area contributed by atoms with Gasteiger partial charge in [0.15, 0.2) is 0 Å². The Kier molecular flexibility index (Phi) is 2.29. The van der Waals surface area contributed by atoms with Crippen molar-refractivity contribution in [2.24, 2.45) is 0 Å². The number of pyridine rings is 1. The number of aromatic nitrogens is 1. The maximum absolute atomic E-state index is 12.3. The second-order valence-electron chi connectivity index (χ2n) is 5.78. The first-order valence-corrected chi connectivity index (χ1v) is 7.55. The quantitative estimate of drug-likeness (QED) is 0.423. The number of benzene rings is 2. The maximum Gasteiger partial charge on any atom is 0.340 e. The van der Waals surface area contributed by atoms with E-state index in [-0.39, 0.29) is 5.97 Å². The Hall–Kier alpha value is -3.07. The lowest BCUT2D eigenvalue weighted by Gasteiger charge is -2.06. The van der Waals surface area contributed by atoms with Gasteiger partial charge < -0.3 is 9.14 Å². The van der Waals surface area contributed by atoms with Gasteiger partial charge in [0, 0.05) is 16.2 Å². The average molecular weight is 299 g/mol. The van der Waals surface area contributed by atoms with Crippen LogP contribution in [0.4, 0.5) is 0 Å². The summed E-state index contributed by atoms with van der Waals surface area (Å²) in [6, 6.07) is 20.6. The van der Waals surface area contributed by atoms with Crippen LogP contribution in [0.15, 0.2) is 60.7 Å². The molecule has 0 fully saturated rings. The highest BCUT2D eigenvalue weighted by Gasteiger charge is 2.21. The number of hydrogen-bond acceptors (Lipinski definition) is 2. The molecule has 3 nitrogen and oxygen atoms in total. The van der Waals surface area contributed by atoms with Crippen molar-refractivity contribution in [2.75, 3.05) is 7.11 Å². The van der Waals surface area contributed by atoms with Gasteiger partial charge >= 0.3 is 5.97 Å². The predicted octanol–water partition coefficient (Wildman–Crippen LogP) is 4.62. The molecule has 110 valence electrons. The highest BCUT2D eigenvalue weighted by Crippen LogP contribution is 2.37. The highest BCUT2D eigenvalue weighted by molar-refractivity contribution is 6.19. The van der Waals surface area contributed by atoms with Gasteiger partial charge in [0.2, 0.25) is 0 Å². The Bertz CT molecular complexity index is 1220. The monoisotopic (exact) mass is 299 g/mol. The number of esters is 1. The van der Waals surface area contributed by atoms with Crippen molar-refractivity contribution in [1.29, 1.82) is 0 Å². The Labute approximate surface area is 132 Å². The summed E-state index contributed by atoms with van der Waals surface area (Å²) < 4.78 is 7.19. The van der Waals surface area contributed by atoms with Crippen molar-refractivity contribution >= 4 is 44.1 Å². The van der Waals surface area contributed by atoms with Gasteiger partial charge in [-0.2, -0.15) is 0 Å². The number of carbonyl (C=O) groups excluding carboxylic acids is 1. The van der Waals surface area contributed by atoms with E-state index in [0.29, 0.717) is 5.56 Å². The third-order valence-electron chi connectivity index (χ3n) is 4.63. The molecule has 0 N–H and O–H groups in total. The SMILES string of the molecule is COC(=O)c1cc2c3ccccc3c3cc4ccccc4c1n23. The Morgan fingerprint density at radius 1 is 0.870 bits per heavy atom. The first-order chi connectivity index (χ1) is 11.3. The van der Waals surface area contributed by atoms with Crippen LogP contribution in [0.25, 0.3) is 38.1 Å². The molecule has 0 saturated carbocycles. The number of ether oxygens (including phenoxy) is 1. The van der Waals surface area contributed by atoms with Crippen molar-refractivity contribution in [3.63, 3.8) is 0 Å². The fourth-order valence-corrected chi connectivity index (χ4v) is 3.67. The summed E-state index contributed by atoms with van der Waals surface area (Å²) in [6.45, 7) is 0. The van der Waals surface area contributed by atoms with E-state index in [4.69, 9.17) is 4.74 Å². The number of nitrogens with zero attached hydrogens (tertiary/aromatic N) is 1. The number of carbonyl (C=O) groups is 1. The topological polar surface area (TPSA) is 30.7 Å². The molecule has 0 spiro atoms. The second-order valence-corrected chi connectivity index (χ2v) is 5.78. The van der Waals surface area contributed by atoms with Crippen LogP contribution < -0.4 is 0 Å². The predicted molar refractivity (Wildman–Crippen MR) is 92.4 cm³/mol. The van der Waals surface area contributed by atoms with Crippen LogP contribution in [0.5, 0.6) is 0 Å². The van der Waals surface area contributed by atoms with Gasteiger partial charge in [-0.25, -0.2) is 4.79 Å². The van der Waals surface area contributed by atoms with E-state index < -0.39 is 0 Å². The number of rotatable bonds is 1. The van der Waals surface area contributed by atoms with Gasteiger partial charge in [-0.3, -0.25) is 0 Å². The van der Waals surface area contributed by atoms with Gasteiger partial charge in [0.05, 0.1) is 29.2 Å². The molecule has 3 heterocycles. The van der Waals surface area contributed by atoms with E-state index in [1.807, 2.05) is 30.3 Å². The lowest BCUT2D eigenvalue weighted by atomic mass is 10.1. The summed E-state index contributed by atoms with van der Waals surface area (Å²) in [7, 11) is 1.43. The third-order valence-corrected chi connectivity index (χ3v) is 4.63. The minimum atomic E-state index is -0.296. The van der Waals surface area contributed by atoms with E-state index >= 15 is 0 Å². The summed E-state index contributed by atoms with van der Waals surface area (Å²) in [5.74, 6) is -0.296. The van der Waals surface area contributed by atoms with Crippen molar-refractivity contribution < 1.29 is 9.53 Å². The zero-order chi connectivity index (χ0) is 15.6. The molecule has 0 aliphatic carbocycles. The zero-order valence-corrected chi connectivity index (χ0v) is 12.5. The van der Waals surface area contributed by atoms with Crippen molar-refractivity contribution in [1.82, 2.24) is 4.40 Å². The van der Waals surface area contributed by atoms with Crippen LogP contribution in [-0.2, 0) is 4.74 Å². The molecule has 2 aromatic carbocycles. The molecule has 3 heteroatoms. The number of hydrogen-bond donors (Lipinski definition) is 0. The van der Waals surface area contributed by atoms with Crippen LogP contribution in [0.2, 0.25) is 0 Å².